The Morgan fingerprint density at radius 3 is 2.80 bits per heavy atom. The summed E-state index contributed by atoms with van der Waals surface area (Å²) in [7, 11) is 5.07. The van der Waals surface area contributed by atoms with Crippen molar-refractivity contribution in [2.24, 2.45) is 4.99 Å². The van der Waals surface area contributed by atoms with Gasteiger partial charge in [0.1, 0.15) is 0 Å². The van der Waals surface area contributed by atoms with Gasteiger partial charge in [0.25, 0.3) is 0 Å². The predicted octanol–water partition coefficient (Wildman–Crippen LogP) is 2.28. The van der Waals surface area contributed by atoms with E-state index in [1.807, 2.05) is 12.1 Å². The zero-order valence-electron chi connectivity index (χ0n) is 15.4. The SMILES string of the molecule is C=CCc1cc(CNC(=NC)NCC2CCCO2)cc(OC)c1OC. The molecular weight excluding hydrogens is 318 g/mol. The maximum absolute atomic E-state index is 5.62. The fourth-order valence-corrected chi connectivity index (χ4v) is 2.94. The van der Waals surface area contributed by atoms with Gasteiger partial charge in [0.05, 0.1) is 20.3 Å². The van der Waals surface area contributed by atoms with E-state index in [-0.39, 0.29) is 6.10 Å². The maximum Gasteiger partial charge on any atom is 0.191 e. The van der Waals surface area contributed by atoms with Crippen LogP contribution in [0, 0.1) is 0 Å². The first-order valence-electron chi connectivity index (χ1n) is 8.62. The highest BCUT2D eigenvalue weighted by Gasteiger charge is 2.16. The van der Waals surface area contributed by atoms with Gasteiger partial charge in [-0.15, -0.1) is 6.58 Å². The Balaban J connectivity index is 2.00. The Hall–Kier alpha value is -2.21. The Labute approximate surface area is 150 Å². The van der Waals surface area contributed by atoms with Gasteiger partial charge in [0, 0.05) is 32.3 Å². The molecule has 0 amide bonds. The molecule has 0 aliphatic carbocycles. The molecule has 0 spiro atoms. The lowest BCUT2D eigenvalue weighted by molar-refractivity contribution is 0.114. The zero-order chi connectivity index (χ0) is 18.1. The van der Waals surface area contributed by atoms with Crippen molar-refractivity contribution >= 4 is 5.96 Å². The fraction of sp³-hybridized carbons (Fsp3) is 0.526. The van der Waals surface area contributed by atoms with Gasteiger partial charge in [0.2, 0.25) is 0 Å². The van der Waals surface area contributed by atoms with Gasteiger partial charge in [-0.1, -0.05) is 6.08 Å². The number of aliphatic imine (C=N–C) groups is 1. The molecule has 6 heteroatoms. The molecular formula is C19H29N3O3. The summed E-state index contributed by atoms with van der Waals surface area (Å²) in [5, 5.41) is 6.64. The summed E-state index contributed by atoms with van der Waals surface area (Å²) in [4.78, 5) is 4.27. The van der Waals surface area contributed by atoms with E-state index < -0.39 is 0 Å². The summed E-state index contributed by atoms with van der Waals surface area (Å²) in [5.74, 6) is 2.24. The van der Waals surface area contributed by atoms with E-state index in [9.17, 15) is 0 Å². The number of nitrogens with one attached hydrogen (secondary N) is 2. The average Bonchev–Trinajstić information content (AvgIpc) is 3.15. The van der Waals surface area contributed by atoms with Crippen molar-refractivity contribution in [3.8, 4) is 11.5 Å². The van der Waals surface area contributed by atoms with Crippen LogP contribution in [0.3, 0.4) is 0 Å². The standard InChI is InChI=1S/C19H29N3O3/c1-5-7-15-10-14(11-17(23-3)18(15)24-4)12-21-19(20-2)22-13-16-8-6-9-25-16/h5,10-11,16H,1,6-9,12-13H2,2-4H3,(H2,20,21,22). The Bertz CT molecular complexity index is 596. The molecule has 2 N–H and O–H groups in total. The van der Waals surface area contributed by atoms with Gasteiger partial charge in [-0.25, -0.2) is 0 Å². The largest absolute Gasteiger partial charge is 0.493 e. The number of benzene rings is 1. The summed E-state index contributed by atoms with van der Waals surface area (Å²) >= 11 is 0. The summed E-state index contributed by atoms with van der Waals surface area (Å²) in [6.45, 7) is 6.08. The first-order valence-corrected chi connectivity index (χ1v) is 8.62. The second kappa shape index (κ2) is 9.93. The van der Waals surface area contributed by atoms with Crippen molar-refractivity contribution in [1.29, 1.82) is 0 Å². The summed E-state index contributed by atoms with van der Waals surface area (Å²) < 4.78 is 16.6. The minimum atomic E-state index is 0.277. The van der Waals surface area contributed by atoms with Crippen LogP contribution in [0.15, 0.2) is 29.8 Å². The maximum atomic E-state index is 5.62. The average molecular weight is 347 g/mol. The van der Waals surface area contributed by atoms with E-state index in [0.717, 1.165) is 61.0 Å². The van der Waals surface area contributed by atoms with Crippen molar-refractivity contribution in [2.45, 2.75) is 31.9 Å². The van der Waals surface area contributed by atoms with Gasteiger partial charge in [-0.2, -0.15) is 0 Å². The van der Waals surface area contributed by atoms with E-state index in [2.05, 4.69) is 28.3 Å². The second-order valence-corrected chi connectivity index (χ2v) is 5.92. The van der Waals surface area contributed by atoms with Crippen LogP contribution < -0.4 is 20.1 Å². The highest BCUT2D eigenvalue weighted by molar-refractivity contribution is 5.79. The molecule has 138 valence electrons. The Morgan fingerprint density at radius 1 is 1.36 bits per heavy atom. The third-order valence-corrected chi connectivity index (χ3v) is 4.18. The summed E-state index contributed by atoms with van der Waals surface area (Å²) in [5.41, 5.74) is 2.14. The van der Waals surface area contributed by atoms with Crippen LogP contribution in [0.4, 0.5) is 0 Å². The lowest BCUT2D eigenvalue weighted by atomic mass is 10.1. The number of allylic oxidation sites excluding steroid dienone is 1. The lowest BCUT2D eigenvalue weighted by Crippen LogP contribution is -2.40. The highest BCUT2D eigenvalue weighted by Crippen LogP contribution is 2.33. The van der Waals surface area contributed by atoms with Gasteiger partial charge in [0.15, 0.2) is 17.5 Å². The molecule has 1 atom stereocenters. The van der Waals surface area contributed by atoms with Crippen LogP contribution in [0.25, 0.3) is 0 Å². The van der Waals surface area contributed by atoms with Crippen molar-refractivity contribution in [3.63, 3.8) is 0 Å². The monoisotopic (exact) mass is 347 g/mol. The van der Waals surface area contributed by atoms with E-state index in [0.29, 0.717) is 6.54 Å². The molecule has 1 aliphatic heterocycles. The third kappa shape index (κ3) is 5.39. The van der Waals surface area contributed by atoms with E-state index in [1.54, 1.807) is 21.3 Å². The van der Waals surface area contributed by atoms with Crippen LogP contribution in [0.1, 0.15) is 24.0 Å². The van der Waals surface area contributed by atoms with Crippen LogP contribution in [-0.4, -0.2) is 46.5 Å². The molecule has 1 heterocycles. The number of nitrogens with zero attached hydrogens (tertiary/aromatic N) is 1. The van der Waals surface area contributed by atoms with Gasteiger partial charge in [-0.05, 0) is 37.0 Å². The second-order valence-electron chi connectivity index (χ2n) is 5.92. The van der Waals surface area contributed by atoms with Crippen LogP contribution in [0.5, 0.6) is 11.5 Å². The van der Waals surface area contributed by atoms with Gasteiger partial charge >= 0.3 is 0 Å². The molecule has 0 radical (unpaired) electrons. The molecule has 1 unspecified atom stereocenters. The van der Waals surface area contributed by atoms with Gasteiger partial charge < -0.3 is 24.8 Å². The minimum Gasteiger partial charge on any atom is -0.493 e. The van der Waals surface area contributed by atoms with E-state index in [4.69, 9.17) is 14.2 Å². The molecule has 1 aromatic rings. The Morgan fingerprint density at radius 2 is 2.20 bits per heavy atom. The number of guanidine groups is 1. The third-order valence-electron chi connectivity index (χ3n) is 4.18. The van der Waals surface area contributed by atoms with Crippen molar-refractivity contribution in [2.75, 3.05) is 34.4 Å². The number of rotatable bonds is 8. The van der Waals surface area contributed by atoms with Crippen molar-refractivity contribution in [3.05, 3.63) is 35.9 Å². The molecule has 1 fully saturated rings. The Kier molecular flexibility index (Phi) is 7.60. The number of hydrogen-bond donors (Lipinski definition) is 2. The van der Waals surface area contributed by atoms with Crippen molar-refractivity contribution in [1.82, 2.24) is 10.6 Å². The molecule has 1 aromatic carbocycles. The number of methoxy groups -OCH3 is 2. The smallest absolute Gasteiger partial charge is 0.191 e. The molecule has 0 aromatic heterocycles. The van der Waals surface area contributed by atoms with E-state index in [1.165, 1.54) is 0 Å². The number of hydrogen-bond acceptors (Lipinski definition) is 4. The lowest BCUT2D eigenvalue weighted by Gasteiger charge is -2.17. The van der Waals surface area contributed by atoms with Crippen molar-refractivity contribution < 1.29 is 14.2 Å². The summed E-state index contributed by atoms with van der Waals surface area (Å²) in [6.07, 6.45) is 5.09. The van der Waals surface area contributed by atoms with Crippen LogP contribution >= 0.6 is 0 Å². The normalized spacial score (nSPS) is 17.2. The minimum absolute atomic E-state index is 0.277. The fourth-order valence-electron chi connectivity index (χ4n) is 2.94. The molecule has 25 heavy (non-hydrogen) atoms. The first-order chi connectivity index (χ1) is 12.2. The van der Waals surface area contributed by atoms with Crippen LogP contribution in [0.2, 0.25) is 0 Å². The topological polar surface area (TPSA) is 64.1 Å². The highest BCUT2D eigenvalue weighted by atomic mass is 16.5. The van der Waals surface area contributed by atoms with E-state index >= 15 is 0 Å². The first kappa shape index (κ1) is 19.1. The molecule has 0 bridgehead atoms. The quantitative estimate of drug-likeness (QED) is 0.429. The molecule has 6 nitrogen and oxygen atoms in total. The van der Waals surface area contributed by atoms with Crippen LogP contribution in [-0.2, 0) is 17.7 Å². The predicted molar refractivity (Wildman–Crippen MR) is 101 cm³/mol. The van der Waals surface area contributed by atoms with Gasteiger partial charge in [-0.3, -0.25) is 4.99 Å². The summed E-state index contributed by atoms with van der Waals surface area (Å²) in [6, 6.07) is 4.08. The number of ether oxygens (including phenoxy) is 3. The molecule has 0 saturated carbocycles. The molecule has 2 rings (SSSR count). The molecule has 1 aliphatic rings. The molecule has 1 saturated heterocycles. The zero-order valence-corrected chi connectivity index (χ0v) is 15.4.